The summed E-state index contributed by atoms with van der Waals surface area (Å²) in [6.45, 7) is 12.7. The van der Waals surface area contributed by atoms with Crippen LogP contribution in [0.5, 0.6) is 0 Å². The van der Waals surface area contributed by atoms with E-state index in [2.05, 4.69) is 88.5 Å². The van der Waals surface area contributed by atoms with E-state index in [-0.39, 0.29) is 28.7 Å². The Labute approximate surface area is 260 Å². The topological polar surface area (TPSA) is 88.0 Å². The molecule has 39 heavy (non-hydrogen) atoms. The molecular formula is C29H43I2N5O3. The van der Waals surface area contributed by atoms with Crippen molar-refractivity contribution in [3.63, 3.8) is 0 Å². The lowest BCUT2D eigenvalue weighted by atomic mass is 9.72. The fraction of sp³-hybridized carbons (Fsp3) is 0.690. The van der Waals surface area contributed by atoms with E-state index in [1.165, 1.54) is 6.42 Å². The van der Waals surface area contributed by atoms with Crippen LogP contribution in [0, 0.1) is 16.7 Å². The summed E-state index contributed by atoms with van der Waals surface area (Å²) in [5.41, 5.74) is 1.64. The number of pyridine rings is 1. The van der Waals surface area contributed by atoms with Gasteiger partial charge in [-0.15, -0.1) is 0 Å². The first-order valence-corrected chi connectivity index (χ1v) is 16.5. The third kappa shape index (κ3) is 6.74. The molecule has 8 nitrogen and oxygen atoms in total. The molecule has 1 saturated carbocycles. The average Bonchev–Trinajstić information content (AvgIpc) is 3.34. The second kappa shape index (κ2) is 12.9. The van der Waals surface area contributed by atoms with Crippen LogP contribution in [-0.4, -0.2) is 79.9 Å². The smallest absolute Gasteiger partial charge is 0.274 e. The molecule has 0 aromatic carbocycles. The van der Waals surface area contributed by atoms with E-state index in [4.69, 9.17) is 4.74 Å². The van der Waals surface area contributed by atoms with Crippen LogP contribution in [0.2, 0.25) is 0 Å². The summed E-state index contributed by atoms with van der Waals surface area (Å²) in [6, 6.07) is 5.59. The fourth-order valence-electron chi connectivity index (χ4n) is 6.14. The summed E-state index contributed by atoms with van der Waals surface area (Å²) < 4.78 is 8.17. The Hall–Kier alpha value is -0.990. The molecule has 1 aliphatic carbocycles. The largest absolute Gasteiger partial charge is 0.385 e. The molecule has 216 valence electrons. The number of hydrogen-bond acceptors (Lipinski definition) is 5. The minimum absolute atomic E-state index is 0.0628. The minimum Gasteiger partial charge on any atom is -0.385 e. The van der Waals surface area contributed by atoms with Gasteiger partial charge in [0, 0.05) is 53.4 Å². The molecule has 2 aromatic rings. The van der Waals surface area contributed by atoms with Crippen molar-refractivity contribution in [3.8, 4) is 0 Å². The summed E-state index contributed by atoms with van der Waals surface area (Å²) in [5.74, 6) is 0.210. The van der Waals surface area contributed by atoms with Crippen molar-refractivity contribution in [1.82, 2.24) is 24.9 Å². The minimum atomic E-state index is -0.133. The van der Waals surface area contributed by atoms with Crippen molar-refractivity contribution < 1.29 is 14.3 Å². The van der Waals surface area contributed by atoms with Gasteiger partial charge in [0.2, 0.25) is 0 Å². The molecule has 0 radical (unpaired) electrons. The van der Waals surface area contributed by atoms with Crippen LogP contribution in [0.1, 0.15) is 74.4 Å². The Morgan fingerprint density at radius 2 is 1.97 bits per heavy atom. The molecule has 4 unspecified atom stereocenters. The van der Waals surface area contributed by atoms with Crippen LogP contribution < -0.4 is 10.6 Å². The number of ether oxygens (including phenoxy) is 1. The van der Waals surface area contributed by atoms with Gasteiger partial charge in [-0.1, -0.05) is 78.9 Å². The average molecular weight is 764 g/mol. The van der Waals surface area contributed by atoms with E-state index in [1.54, 1.807) is 23.8 Å². The highest BCUT2D eigenvalue weighted by atomic mass is 127. The van der Waals surface area contributed by atoms with Crippen LogP contribution in [0.3, 0.4) is 0 Å². The van der Waals surface area contributed by atoms with Crippen LogP contribution in [0.4, 0.5) is 0 Å². The highest BCUT2D eigenvalue weighted by molar-refractivity contribution is 14.1. The number of nitrogens with one attached hydrogen (secondary N) is 2. The van der Waals surface area contributed by atoms with E-state index >= 15 is 0 Å². The fourth-order valence-corrected chi connectivity index (χ4v) is 8.62. The highest BCUT2D eigenvalue weighted by Crippen LogP contribution is 2.47. The number of methoxy groups -OCH3 is 1. The molecule has 10 heteroatoms. The number of amides is 2. The molecule has 3 heterocycles. The summed E-state index contributed by atoms with van der Waals surface area (Å²) in [7, 11) is 1.69. The monoisotopic (exact) mass is 763 g/mol. The maximum absolute atomic E-state index is 13.9. The number of rotatable bonds is 9. The Balaban J connectivity index is 1.54. The maximum atomic E-state index is 13.9. The summed E-state index contributed by atoms with van der Waals surface area (Å²) in [6.07, 6.45) is 5.67. The van der Waals surface area contributed by atoms with Gasteiger partial charge in [0.05, 0.1) is 0 Å². The molecule has 2 aliphatic rings. The number of piperidine rings is 1. The van der Waals surface area contributed by atoms with Crippen molar-refractivity contribution in [1.29, 1.82) is 0 Å². The number of fused-ring (bicyclic) bond motifs is 1. The lowest BCUT2D eigenvalue weighted by Gasteiger charge is -2.45. The van der Waals surface area contributed by atoms with Crippen LogP contribution in [-0.2, 0) is 4.74 Å². The number of halogens is 2. The molecular weight excluding hydrogens is 720 g/mol. The third-order valence-electron chi connectivity index (χ3n) is 8.65. The van der Waals surface area contributed by atoms with Gasteiger partial charge in [0.1, 0.15) is 17.0 Å². The first-order chi connectivity index (χ1) is 18.5. The Kier molecular flexibility index (Phi) is 10.2. The van der Waals surface area contributed by atoms with Gasteiger partial charge in [0.25, 0.3) is 11.8 Å². The number of alkyl halides is 2. The molecule has 4 rings (SSSR count). The normalized spacial score (nSPS) is 26.3. The van der Waals surface area contributed by atoms with Crippen LogP contribution >= 0.6 is 45.2 Å². The molecule has 1 aliphatic heterocycles. The molecule has 0 spiro atoms. The van der Waals surface area contributed by atoms with Crippen molar-refractivity contribution in [2.45, 2.75) is 67.3 Å². The standard InChI is InChI=1S/C29H43I2N5O3/c1-28(2)18-32-13-12-23(28)35(14-7-15-39-5)27(38)20-17-36-21(8-6-9-24(36)34-20)26(37)33-16-19-10-11-22(30)29(3,4)25(19)31/h6,8-9,17,19,22-23,25,32H,7,10-16,18H2,1-5H3,(H,33,37). The number of carbonyl (C=O) groups excluding carboxylic acids is 2. The lowest BCUT2D eigenvalue weighted by molar-refractivity contribution is 0.0352. The molecule has 2 amide bonds. The van der Waals surface area contributed by atoms with Crippen LogP contribution in [0.25, 0.3) is 5.65 Å². The molecule has 1 saturated heterocycles. The van der Waals surface area contributed by atoms with Crippen LogP contribution in [0.15, 0.2) is 24.4 Å². The zero-order valence-corrected chi connectivity index (χ0v) is 28.1. The molecule has 0 bridgehead atoms. The number of carbonyl (C=O) groups is 2. The van der Waals surface area contributed by atoms with Gasteiger partial charge in [-0.05, 0) is 61.1 Å². The predicted octanol–water partition coefficient (Wildman–Crippen LogP) is 4.97. The van der Waals surface area contributed by atoms with Crippen molar-refractivity contribution in [2.75, 3.05) is 39.9 Å². The number of hydrogen-bond donors (Lipinski definition) is 2. The number of nitrogens with zero attached hydrogens (tertiary/aromatic N) is 3. The van der Waals surface area contributed by atoms with E-state index < -0.39 is 0 Å². The lowest BCUT2D eigenvalue weighted by Crippen LogP contribution is -2.56. The van der Waals surface area contributed by atoms with E-state index in [0.717, 1.165) is 32.4 Å². The van der Waals surface area contributed by atoms with Crippen molar-refractivity contribution >= 4 is 62.6 Å². The van der Waals surface area contributed by atoms with Gasteiger partial charge >= 0.3 is 0 Å². The van der Waals surface area contributed by atoms with E-state index in [1.807, 2.05) is 17.0 Å². The Bertz CT molecular complexity index is 1170. The number of aromatic nitrogens is 2. The van der Waals surface area contributed by atoms with Gasteiger partial charge in [-0.25, -0.2) is 4.98 Å². The molecule has 4 atom stereocenters. The van der Waals surface area contributed by atoms with Gasteiger partial charge < -0.3 is 20.3 Å². The first kappa shape index (κ1) is 31.0. The predicted molar refractivity (Wildman–Crippen MR) is 172 cm³/mol. The zero-order chi connectivity index (χ0) is 28.4. The summed E-state index contributed by atoms with van der Waals surface area (Å²) in [4.78, 5) is 34.0. The number of imidazole rings is 1. The summed E-state index contributed by atoms with van der Waals surface area (Å²) in [5, 5.41) is 6.66. The zero-order valence-electron chi connectivity index (χ0n) is 23.8. The van der Waals surface area contributed by atoms with E-state index in [0.29, 0.717) is 50.5 Å². The second-order valence-electron chi connectivity index (χ2n) is 12.3. The Morgan fingerprint density at radius 1 is 1.21 bits per heavy atom. The molecule has 2 aromatic heterocycles. The van der Waals surface area contributed by atoms with E-state index in [9.17, 15) is 9.59 Å². The van der Waals surface area contributed by atoms with Crippen molar-refractivity contribution in [3.05, 3.63) is 35.8 Å². The second-order valence-corrected chi connectivity index (χ2v) is 15.2. The first-order valence-electron chi connectivity index (χ1n) is 14.0. The molecule has 2 N–H and O–H groups in total. The highest BCUT2D eigenvalue weighted by Gasteiger charge is 2.43. The molecule has 2 fully saturated rings. The third-order valence-corrected chi connectivity index (χ3v) is 13.5. The Morgan fingerprint density at radius 3 is 2.69 bits per heavy atom. The van der Waals surface area contributed by atoms with Gasteiger partial charge in [-0.3, -0.25) is 14.0 Å². The SMILES string of the molecule is COCCCN(C(=O)c1cn2c(C(=O)NCC3CCC(I)C(C)(C)C3I)cccc2n1)C1CCNCC1(C)C. The quantitative estimate of drug-likeness (QED) is 0.214. The van der Waals surface area contributed by atoms with Gasteiger partial charge in [-0.2, -0.15) is 0 Å². The maximum Gasteiger partial charge on any atom is 0.274 e. The van der Waals surface area contributed by atoms with Crippen molar-refractivity contribution in [2.24, 2.45) is 16.7 Å². The van der Waals surface area contributed by atoms with Gasteiger partial charge in [0.15, 0.2) is 0 Å². The summed E-state index contributed by atoms with van der Waals surface area (Å²) >= 11 is 5.16.